The molecule has 0 bridgehead atoms. The first kappa shape index (κ1) is 17.1. The van der Waals surface area contributed by atoms with Gasteiger partial charge in [0.2, 0.25) is 5.91 Å². The van der Waals surface area contributed by atoms with Crippen LogP contribution in [0.1, 0.15) is 39.7 Å². The van der Waals surface area contributed by atoms with E-state index in [1.807, 2.05) is 13.8 Å². The topological polar surface area (TPSA) is 41.1 Å². The first-order valence-electron chi connectivity index (χ1n) is 7.22. The molecule has 2 N–H and O–H groups in total. The van der Waals surface area contributed by atoms with Crippen LogP contribution in [0.5, 0.6) is 0 Å². The number of hydrogen-bond donors (Lipinski definition) is 2. The van der Waals surface area contributed by atoms with Gasteiger partial charge >= 0.3 is 0 Å². The zero-order valence-corrected chi connectivity index (χ0v) is 13.7. The van der Waals surface area contributed by atoms with Gasteiger partial charge in [-0.1, -0.05) is 26.0 Å². The van der Waals surface area contributed by atoms with Crippen molar-refractivity contribution in [3.05, 3.63) is 29.8 Å². The van der Waals surface area contributed by atoms with E-state index in [4.69, 9.17) is 0 Å². The number of thioether (sulfide) groups is 1. The maximum absolute atomic E-state index is 11.5. The summed E-state index contributed by atoms with van der Waals surface area (Å²) in [5.74, 6) is 0.951. The van der Waals surface area contributed by atoms with E-state index in [-0.39, 0.29) is 11.9 Å². The monoisotopic (exact) mass is 294 g/mol. The van der Waals surface area contributed by atoms with Gasteiger partial charge in [-0.3, -0.25) is 4.79 Å². The molecule has 0 unspecified atom stereocenters. The Kier molecular flexibility index (Phi) is 7.70. The fourth-order valence-corrected chi connectivity index (χ4v) is 2.53. The van der Waals surface area contributed by atoms with Crippen molar-refractivity contribution in [2.45, 2.75) is 57.6 Å². The molecule has 0 atom stereocenters. The molecule has 0 fully saturated rings. The van der Waals surface area contributed by atoms with Crippen molar-refractivity contribution in [1.29, 1.82) is 0 Å². The third-order valence-corrected chi connectivity index (χ3v) is 3.70. The summed E-state index contributed by atoms with van der Waals surface area (Å²) in [5, 5.41) is 6.30. The normalized spacial score (nSPS) is 11.1. The molecule has 4 heteroatoms. The Hall–Kier alpha value is -1.00. The molecule has 112 valence electrons. The maximum Gasteiger partial charge on any atom is 0.221 e. The smallest absolute Gasteiger partial charge is 0.221 e. The van der Waals surface area contributed by atoms with Gasteiger partial charge in [0.15, 0.2) is 0 Å². The zero-order valence-electron chi connectivity index (χ0n) is 12.9. The summed E-state index contributed by atoms with van der Waals surface area (Å²) in [6, 6.07) is 9.27. The van der Waals surface area contributed by atoms with Gasteiger partial charge in [0.1, 0.15) is 0 Å². The molecule has 0 aliphatic carbocycles. The van der Waals surface area contributed by atoms with Gasteiger partial charge in [-0.05, 0) is 31.5 Å². The number of amides is 1. The van der Waals surface area contributed by atoms with E-state index >= 15 is 0 Å². The van der Waals surface area contributed by atoms with E-state index < -0.39 is 0 Å². The Morgan fingerprint density at radius 3 is 2.30 bits per heavy atom. The van der Waals surface area contributed by atoms with Crippen LogP contribution >= 0.6 is 11.8 Å². The van der Waals surface area contributed by atoms with E-state index in [1.54, 1.807) is 11.8 Å². The molecule has 0 aromatic heterocycles. The van der Waals surface area contributed by atoms with Crippen molar-refractivity contribution in [1.82, 2.24) is 10.6 Å². The van der Waals surface area contributed by atoms with Gasteiger partial charge in [-0.25, -0.2) is 0 Å². The van der Waals surface area contributed by atoms with Crippen LogP contribution in [-0.4, -0.2) is 23.7 Å². The molecular formula is C16H26N2OS. The lowest BCUT2D eigenvalue weighted by Crippen LogP contribution is -2.30. The van der Waals surface area contributed by atoms with E-state index in [0.717, 1.165) is 12.3 Å². The Morgan fingerprint density at radius 2 is 1.75 bits per heavy atom. The second-order valence-corrected chi connectivity index (χ2v) is 6.67. The highest BCUT2D eigenvalue weighted by molar-refractivity contribution is 7.99. The summed E-state index contributed by atoms with van der Waals surface area (Å²) < 4.78 is 0. The van der Waals surface area contributed by atoms with Crippen LogP contribution in [0.15, 0.2) is 29.2 Å². The van der Waals surface area contributed by atoms with Crippen LogP contribution in [0.3, 0.4) is 0 Å². The summed E-state index contributed by atoms with van der Waals surface area (Å²) in [5.41, 5.74) is 1.29. The van der Waals surface area contributed by atoms with Crippen molar-refractivity contribution in [3.8, 4) is 0 Å². The van der Waals surface area contributed by atoms with Crippen LogP contribution < -0.4 is 10.6 Å². The highest BCUT2D eigenvalue weighted by Gasteiger charge is 2.03. The van der Waals surface area contributed by atoms with Crippen molar-refractivity contribution in [2.75, 3.05) is 5.75 Å². The standard InChI is InChI=1S/C16H26N2OS/c1-12(2)17-11-14-5-7-15(8-6-14)20-10-9-16(19)18-13(3)4/h5-8,12-13,17H,9-11H2,1-4H3,(H,18,19). The minimum absolute atomic E-state index is 0.130. The molecule has 0 spiro atoms. The minimum atomic E-state index is 0.130. The predicted molar refractivity (Wildman–Crippen MR) is 87.0 cm³/mol. The lowest BCUT2D eigenvalue weighted by atomic mass is 10.2. The third kappa shape index (κ3) is 7.56. The van der Waals surface area contributed by atoms with Crippen LogP contribution in [0.2, 0.25) is 0 Å². The van der Waals surface area contributed by atoms with Crippen molar-refractivity contribution in [3.63, 3.8) is 0 Å². The second-order valence-electron chi connectivity index (χ2n) is 5.50. The molecule has 0 aliphatic rings. The van der Waals surface area contributed by atoms with Gasteiger partial charge in [0.25, 0.3) is 0 Å². The third-order valence-electron chi connectivity index (χ3n) is 2.69. The van der Waals surface area contributed by atoms with Gasteiger partial charge in [0.05, 0.1) is 0 Å². The van der Waals surface area contributed by atoms with Gasteiger partial charge in [-0.2, -0.15) is 0 Å². The molecule has 0 saturated carbocycles. The van der Waals surface area contributed by atoms with Crippen molar-refractivity contribution < 1.29 is 4.79 Å². The lowest BCUT2D eigenvalue weighted by Gasteiger charge is -2.09. The minimum Gasteiger partial charge on any atom is -0.354 e. The van der Waals surface area contributed by atoms with Crippen LogP contribution in [0.25, 0.3) is 0 Å². The van der Waals surface area contributed by atoms with Crippen molar-refractivity contribution in [2.24, 2.45) is 0 Å². The fourth-order valence-electron chi connectivity index (χ4n) is 1.68. The van der Waals surface area contributed by atoms with E-state index in [0.29, 0.717) is 12.5 Å². The number of hydrogen-bond acceptors (Lipinski definition) is 3. The molecule has 0 radical (unpaired) electrons. The van der Waals surface area contributed by atoms with Gasteiger partial charge in [-0.15, -0.1) is 11.8 Å². The summed E-state index contributed by atoms with van der Waals surface area (Å²) in [4.78, 5) is 12.7. The molecule has 3 nitrogen and oxygen atoms in total. The Bertz CT molecular complexity index is 401. The molecule has 1 aromatic rings. The van der Waals surface area contributed by atoms with Crippen LogP contribution in [0.4, 0.5) is 0 Å². The number of benzene rings is 1. The number of carbonyl (C=O) groups is 1. The quantitative estimate of drug-likeness (QED) is 0.724. The number of nitrogens with one attached hydrogen (secondary N) is 2. The maximum atomic E-state index is 11.5. The summed E-state index contributed by atoms with van der Waals surface area (Å²) in [6.45, 7) is 9.15. The Balaban J connectivity index is 2.29. The number of carbonyl (C=O) groups excluding carboxylic acids is 1. The zero-order chi connectivity index (χ0) is 15.0. The first-order chi connectivity index (χ1) is 9.47. The van der Waals surface area contributed by atoms with E-state index in [1.165, 1.54) is 10.5 Å². The average molecular weight is 294 g/mol. The molecule has 1 aromatic carbocycles. The Labute approximate surface area is 126 Å². The first-order valence-corrected chi connectivity index (χ1v) is 8.20. The lowest BCUT2D eigenvalue weighted by molar-refractivity contribution is -0.121. The van der Waals surface area contributed by atoms with Gasteiger partial charge in [0, 0.05) is 35.7 Å². The fraction of sp³-hybridized carbons (Fsp3) is 0.562. The molecule has 20 heavy (non-hydrogen) atoms. The number of rotatable bonds is 8. The highest BCUT2D eigenvalue weighted by atomic mass is 32.2. The summed E-state index contributed by atoms with van der Waals surface area (Å²) >= 11 is 1.73. The highest BCUT2D eigenvalue weighted by Crippen LogP contribution is 2.19. The Morgan fingerprint density at radius 1 is 1.10 bits per heavy atom. The average Bonchev–Trinajstić information content (AvgIpc) is 2.37. The van der Waals surface area contributed by atoms with Crippen LogP contribution in [-0.2, 0) is 11.3 Å². The summed E-state index contributed by atoms with van der Waals surface area (Å²) in [6.07, 6.45) is 0.569. The van der Waals surface area contributed by atoms with Crippen molar-refractivity contribution >= 4 is 17.7 Å². The molecule has 1 amide bonds. The van der Waals surface area contributed by atoms with E-state index in [9.17, 15) is 4.79 Å². The predicted octanol–water partition coefficient (Wildman–Crippen LogP) is 3.19. The molecule has 0 heterocycles. The molecule has 0 aliphatic heterocycles. The second kappa shape index (κ2) is 9.03. The molecular weight excluding hydrogens is 268 g/mol. The van der Waals surface area contributed by atoms with E-state index in [2.05, 4.69) is 48.7 Å². The largest absolute Gasteiger partial charge is 0.354 e. The molecule has 1 rings (SSSR count). The summed E-state index contributed by atoms with van der Waals surface area (Å²) in [7, 11) is 0. The van der Waals surface area contributed by atoms with Gasteiger partial charge < -0.3 is 10.6 Å². The molecule has 0 saturated heterocycles. The van der Waals surface area contributed by atoms with Crippen LogP contribution in [0, 0.1) is 0 Å². The SMILES string of the molecule is CC(C)NCc1ccc(SCCC(=O)NC(C)C)cc1.